The standard InChI is InChI=1S/C22H23N5O3/c1-16(28)22-24-9-12-27(22)14-19-13-20(30-25-19)18-6-4-17(5-7-18)3-2-10-26-11-8-23-21(29)15-26/h4-7,9,12-13,16,28H,8,10-11,14-15H2,1H3,(H,23,29)/t16-/m0/s1. The van der Waals surface area contributed by atoms with Gasteiger partial charge in [-0.15, -0.1) is 0 Å². The van der Waals surface area contributed by atoms with E-state index in [9.17, 15) is 9.90 Å². The number of nitrogens with zero attached hydrogens (tertiary/aromatic N) is 4. The summed E-state index contributed by atoms with van der Waals surface area (Å²) in [6.45, 7) is 4.63. The summed E-state index contributed by atoms with van der Waals surface area (Å²) < 4.78 is 7.33. The summed E-state index contributed by atoms with van der Waals surface area (Å²) in [5.74, 6) is 7.57. The zero-order valence-corrected chi connectivity index (χ0v) is 16.7. The number of carbonyl (C=O) groups excluding carboxylic acids is 1. The first-order valence-corrected chi connectivity index (χ1v) is 9.81. The molecule has 4 rings (SSSR count). The molecule has 0 spiro atoms. The van der Waals surface area contributed by atoms with Crippen LogP contribution in [0.1, 0.15) is 30.1 Å². The summed E-state index contributed by atoms with van der Waals surface area (Å²) in [5, 5.41) is 16.7. The highest BCUT2D eigenvalue weighted by atomic mass is 16.5. The Morgan fingerprint density at radius 1 is 1.33 bits per heavy atom. The molecule has 0 saturated carbocycles. The van der Waals surface area contributed by atoms with Crippen LogP contribution in [0.5, 0.6) is 0 Å². The van der Waals surface area contributed by atoms with Gasteiger partial charge in [0.25, 0.3) is 0 Å². The van der Waals surface area contributed by atoms with Crippen LogP contribution in [0.4, 0.5) is 0 Å². The van der Waals surface area contributed by atoms with Gasteiger partial charge in [-0.1, -0.05) is 17.0 Å². The van der Waals surface area contributed by atoms with Crippen molar-refractivity contribution in [2.45, 2.75) is 19.6 Å². The molecule has 1 saturated heterocycles. The van der Waals surface area contributed by atoms with Gasteiger partial charge in [-0.3, -0.25) is 9.69 Å². The highest BCUT2D eigenvalue weighted by Crippen LogP contribution is 2.22. The van der Waals surface area contributed by atoms with E-state index in [0.717, 1.165) is 23.4 Å². The van der Waals surface area contributed by atoms with Gasteiger partial charge in [0.05, 0.1) is 19.6 Å². The number of imidazole rings is 1. The van der Waals surface area contributed by atoms with Crippen molar-refractivity contribution >= 4 is 5.91 Å². The van der Waals surface area contributed by atoms with E-state index in [1.165, 1.54) is 0 Å². The maximum atomic E-state index is 11.4. The first-order chi connectivity index (χ1) is 14.6. The normalized spacial score (nSPS) is 15.3. The van der Waals surface area contributed by atoms with Crippen molar-refractivity contribution in [1.82, 2.24) is 24.9 Å². The Balaban J connectivity index is 1.38. The lowest BCUT2D eigenvalue weighted by atomic mass is 10.1. The number of benzene rings is 1. The van der Waals surface area contributed by atoms with Crippen LogP contribution < -0.4 is 5.32 Å². The molecule has 1 atom stereocenters. The third-order valence-corrected chi connectivity index (χ3v) is 4.83. The third kappa shape index (κ3) is 4.76. The molecule has 0 radical (unpaired) electrons. The number of carbonyl (C=O) groups is 1. The molecule has 1 aromatic carbocycles. The van der Waals surface area contributed by atoms with Crippen molar-refractivity contribution in [2.75, 3.05) is 26.2 Å². The number of aliphatic hydroxyl groups is 1. The van der Waals surface area contributed by atoms with E-state index >= 15 is 0 Å². The third-order valence-electron chi connectivity index (χ3n) is 4.83. The summed E-state index contributed by atoms with van der Waals surface area (Å²) in [4.78, 5) is 17.6. The van der Waals surface area contributed by atoms with Gasteiger partial charge in [-0.2, -0.15) is 0 Å². The van der Waals surface area contributed by atoms with Crippen molar-refractivity contribution in [3.63, 3.8) is 0 Å². The molecule has 1 fully saturated rings. The van der Waals surface area contributed by atoms with Crippen LogP contribution in [0.2, 0.25) is 0 Å². The van der Waals surface area contributed by atoms with Gasteiger partial charge in [0.15, 0.2) is 5.76 Å². The molecule has 30 heavy (non-hydrogen) atoms. The van der Waals surface area contributed by atoms with Gasteiger partial charge in [0.2, 0.25) is 5.91 Å². The van der Waals surface area contributed by atoms with Crippen LogP contribution in [0.15, 0.2) is 47.2 Å². The molecule has 3 heterocycles. The molecular weight excluding hydrogens is 382 g/mol. The molecule has 0 unspecified atom stereocenters. The quantitative estimate of drug-likeness (QED) is 0.624. The van der Waals surface area contributed by atoms with Crippen molar-refractivity contribution in [1.29, 1.82) is 0 Å². The van der Waals surface area contributed by atoms with E-state index in [1.54, 1.807) is 19.3 Å². The van der Waals surface area contributed by atoms with Crippen molar-refractivity contribution in [3.05, 3.63) is 59.8 Å². The number of rotatable bonds is 5. The van der Waals surface area contributed by atoms with E-state index in [2.05, 4.69) is 27.3 Å². The fraction of sp³-hybridized carbons (Fsp3) is 0.318. The van der Waals surface area contributed by atoms with Crippen molar-refractivity contribution in [2.24, 2.45) is 0 Å². The topological polar surface area (TPSA) is 96.4 Å². The molecule has 2 N–H and O–H groups in total. The van der Waals surface area contributed by atoms with Crippen LogP contribution in [-0.2, 0) is 11.3 Å². The van der Waals surface area contributed by atoms with Crippen LogP contribution >= 0.6 is 0 Å². The van der Waals surface area contributed by atoms with E-state index in [1.807, 2.05) is 39.8 Å². The Morgan fingerprint density at radius 2 is 2.17 bits per heavy atom. The summed E-state index contributed by atoms with van der Waals surface area (Å²) in [7, 11) is 0. The van der Waals surface area contributed by atoms with Gasteiger partial charge in [0.1, 0.15) is 17.6 Å². The zero-order valence-electron chi connectivity index (χ0n) is 16.7. The molecule has 0 aliphatic carbocycles. The summed E-state index contributed by atoms with van der Waals surface area (Å²) in [5.41, 5.74) is 2.56. The summed E-state index contributed by atoms with van der Waals surface area (Å²) in [6, 6.07) is 9.65. The lowest BCUT2D eigenvalue weighted by molar-refractivity contribution is -0.123. The monoisotopic (exact) mass is 405 g/mol. The number of piperazine rings is 1. The highest BCUT2D eigenvalue weighted by Gasteiger charge is 2.14. The van der Waals surface area contributed by atoms with Crippen LogP contribution in [0.25, 0.3) is 11.3 Å². The smallest absolute Gasteiger partial charge is 0.234 e. The predicted octanol–water partition coefficient (Wildman–Crippen LogP) is 1.42. The molecule has 2 aromatic heterocycles. The summed E-state index contributed by atoms with van der Waals surface area (Å²) >= 11 is 0. The second kappa shape index (κ2) is 8.95. The maximum absolute atomic E-state index is 11.4. The maximum Gasteiger partial charge on any atom is 0.234 e. The van der Waals surface area contributed by atoms with Gasteiger partial charge < -0.3 is 19.5 Å². The minimum Gasteiger partial charge on any atom is -0.385 e. The molecule has 0 bridgehead atoms. The number of hydrogen-bond donors (Lipinski definition) is 2. The number of amides is 1. The van der Waals surface area contributed by atoms with Crippen LogP contribution in [0, 0.1) is 11.8 Å². The Labute approximate surface area is 174 Å². The Kier molecular flexibility index (Phi) is 5.93. The predicted molar refractivity (Wildman–Crippen MR) is 110 cm³/mol. The lowest BCUT2D eigenvalue weighted by Gasteiger charge is -2.24. The molecule has 3 aromatic rings. The minimum atomic E-state index is -0.646. The van der Waals surface area contributed by atoms with E-state index in [4.69, 9.17) is 4.52 Å². The SMILES string of the molecule is C[C@H](O)c1nccn1Cc1cc(-c2ccc(C#CCN3CCNC(=O)C3)cc2)on1. The van der Waals surface area contributed by atoms with Crippen molar-refractivity contribution < 1.29 is 14.4 Å². The molecule has 1 aliphatic rings. The van der Waals surface area contributed by atoms with Crippen LogP contribution in [0.3, 0.4) is 0 Å². The zero-order chi connectivity index (χ0) is 20.9. The summed E-state index contributed by atoms with van der Waals surface area (Å²) in [6.07, 6.45) is 2.82. The molecular formula is C22H23N5O3. The highest BCUT2D eigenvalue weighted by molar-refractivity contribution is 5.78. The number of nitrogens with one attached hydrogen (secondary N) is 1. The first kappa shape index (κ1) is 19.9. The van der Waals surface area contributed by atoms with E-state index in [0.29, 0.717) is 37.8 Å². The van der Waals surface area contributed by atoms with E-state index < -0.39 is 6.10 Å². The number of hydrogen-bond acceptors (Lipinski definition) is 6. The molecule has 8 heteroatoms. The molecule has 154 valence electrons. The molecule has 8 nitrogen and oxygen atoms in total. The Hall–Kier alpha value is -3.41. The second-order valence-electron chi connectivity index (χ2n) is 7.21. The van der Waals surface area contributed by atoms with Gasteiger partial charge in [-0.05, 0) is 31.2 Å². The fourth-order valence-corrected chi connectivity index (χ4v) is 3.32. The second-order valence-corrected chi connectivity index (χ2v) is 7.21. The van der Waals surface area contributed by atoms with Crippen LogP contribution in [-0.4, -0.2) is 56.8 Å². The van der Waals surface area contributed by atoms with Gasteiger partial charge in [0, 0.05) is 42.7 Å². The fourth-order valence-electron chi connectivity index (χ4n) is 3.32. The average molecular weight is 405 g/mol. The largest absolute Gasteiger partial charge is 0.385 e. The Bertz CT molecular complexity index is 1070. The minimum absolute atomic E-state index is 0.0500. The first-order valence-electron chi connectivity index (χ1n) is 9.81. The molecule has 1 aliphatic heterocycles. The number of aliphatic hydroxyl groups excluding tert-OH is 1. The van der Waals surface area contributed by atoms with E-state index in [-0.39, 0.29) is 5.91 Å². The lowest BCUT2D eigenvalue weighted by Crippen LogP contribution is -2.47. The van der Waals surface area contributed by atoms with Crippen molar-refractivity contribution in [3.8, 4) is 23.2 Å². The average Bonchev–Trinajstić information content (AvgIpc) is 3.39. The van der Waals surface area contributed by atoms with Gasteiger partial charge >= 0.3 is 0 Å². The Morgan fingerprint density at radius 3 is 2.93 bits per heavy atom. The number of aromatic nitrogens is 3. The van der Waals surface area contributed by atoms with Gasteiger partial charge in [-0.25, -0.2) is 4.98 Å². The molecule has 1 amide bonds.